The Labute approximate surface area is 184 Å². The van der Waals surface area contributed by atoms with E-state index in [1.54, 1.807) is 34.0 Å². The molecule has 1 amide bonds. The number of benzene rings is 1. The van der Waals surface area contributed by atoms with Crippen molar-refractivity contribution >= 4 is 11.7 Å². The molecule has 0 atom stereocenters. The van der Waals surface area contributed by atoms with Crippen molar-refractivity contribution in [2.75, 3.05) is 5.32 Å². The van der Waals surface area contributed by atoms with Crippen LogP contribution in [0.1, 0.15) is 21.7 Å². The lowest BCUT2D eigenvalue weighted by atomic mass is 10.2. The molecule has 1 aromatic carbocycles. The zero-order valence-corrected chi connectivity index (χ0v) is 17.3. The summed E-state index contributed by atoms with van der Waals surface area (Å²) < 4.78 is 9.18. The molecule has 0 saturated carbocycles. The molecule has 0 saturated heterocycles. The molecule has 0 bridgehead atoms. The quantitative estimate of drug-likeness (QED) is 0.438. The largest absolute Gasteiger partial charge is 0.460 e. The lowest BCUT2D eigenvalue weighted by Gasteiger charge is -2.03. The molecule has 4 aromatic heterocycles. The number of nitrogens with one attached hydrogen (secondary N) is 1. The molecule has 5 aromatic rings. The van der Waals surface area contributed by atoms with Gasteiger partial charge in [0.05, 0.1) is 17.8 Å². The Morgan fingerprint density at radius 2 is 1.81 bits per heavy atom. The van der Waals surface area contributed by atoms with Crippen LogP contribution in [0.5, 0.6) is 0 Å². The molecule has 0 fully saturated rings. The summed E-state index contributed by atoms with van der Waals surface area (Å²) in [6.45, 7) is 2.44. The van der Waals surface area contributed by atoms with E-state index in [-0.39, 0.29) is 5.91 Å². The fourth-order valence-electron chi connectivity index (χ4n) is 3.37. The molecule has 1 N–H and O–H groups in total. The minimum absolute atomic E-state index is 0.314. The number of para-hydroxylation sites is 1. The Morgan fingerprint density at radius 1 is 1.00 bits per heavy atom. The summed E-state index contributed by atoms with van der Waals surface area (Å²) in [5.41, 5.74) is 2.78. The first-order valence-corrected chi connectivity index (χ1v) is 10.1. The molecular formula is C24H20N6O2. The standard InChI is InChI=1S/C24H20N6O2/c1-17-7-8-21(32-17)23-20(16-30(28-23)19-5-3-2-4-6-19)24(31)26-22-11-14-29(27-22)15-18-9-12-25-13-10-18/h2-14,16H,15H2,1H3,(H,26,27,31). The van der Waals surface area contributed by atoms with Gasteiger partial charge in [0.1, 0.15) is 11.5 Å². The van der Waals surface area contributed by atoms with Gasteiger partial charge in [0, 0.05) is 30.9 Å². The van der Waals surface area contributed by atoms with Crippen molar-refractivity contribution in [2.24, 2.45) is 0 Å². The van der Waals surface area contributed by atoms with Gasteiger partial charge >= 0.3 is 0 Å². The van der Waals surface area contributed by atoms with Gasteiger partial charge in [-0.05, 0) is 48.9 Å². The van der Waals surface area contributed by atoms with E-state index in [1.807, 2.05) is 67.7 Å². The second kappa shape index (κ2) is 8.35. The minimum Gasteiger partial charge on any atom is -0.460 e. The summed E-state index contributed by atoms with van der Waals surface area (Å²) in [4.78, 5) is 17.2. The van der Waals surface area contributed by atoms with Gasteiger partial charge in [0.15, 0.2) is 11.6 Å². The maximum Gasteiger partial charge on any atom is 0.260 e. The summed E-state index contributed by atoms with van der Waals surface area (Å²) in [5, 5.41) is 11.9. The van der Waals surface area contributed by atoms with Crippen LogP contribution in [0, 0.1) is 6.92 Å². The van der Waals surface area contributed by atoms with Crippen LogP contribution in [-0.2, 0) is 6.54 Å². The maximum absolute atomic E-state index is 13.2. The molecule has 4 heterocycles. The number of anilines is 1. The Balaban J connectivity index is 1.42. The van der Waals surface area contributed by atoms with Crippen molar-refractivity contribution in [3.8, 4) is 17.1 Å². The molecule has 0 aliphatic carbocycles. The van der Waals surface area contributed by atoms with E-state index in [4.69, 9.17) is 4.42 Å². The maximum atomic E-state index is 13.2. The van der Waals surface area contributed by atoms with Gasteiger partial charge in [-0.2, -0.15) is 10.2 Å². The normalized spacial score (nSPS) is 10.9. The molecule has 5 rings (SSSR count). The monoisotopic (exact) mass is 424 g/mol. The fourth-order valence-corrected chi connectivity index (χ4v) is 3.37. The van der Waals surface area contributed by atoms with Crippen LogP contribution >= 0.6 is 0 Å². The Bertz CT molecular complexity index is 1350. The van der Waals surface area contributed by atoms with Crippen molar-refractivity contribution in [2.45, 2.75) is 13.5 Å². The Kier molecular flexibility index (Phi) is 5.09. The van der Waals surface area contributed by atoms with E-state index in [1.165, 1.54) is 0 Å². The third-order valence-electron chi connectivity index (χ3n) is 4.93. The first kappa shape index (κ1) is 19.5. The number of nitrogens with zero attached hydrogens (tertiary/aromatic N) is 5. The van der Waals surface area contributed by atoms with Crippen LogP contribution in [0.2, 0.25) is 0 Å². The number of rotatable bonds is 6. The summed E-state index contributed by atoms with van der Waals surface area (Å²) in [7, 11) is 0. The summed E-state index contributed by atoms with van der Waals surface area (Å²) in [5.74, 6) is 1.42. The van der Waals surface area contributed by atoms with Crippen LogP contribution in [0.15, 0.2) is 89.9 Å². The lowest BCUT2D eigenvalue weighted by Crippen LogP contribution is -2.13. The fraction of sp³-hybridized carbons (Fsp3) is 0.0833. The second-order valence-electron chi connectivity index (χ2n) is 7.29. The molecule has 0 spiro atoms. The molecule has 8 heteroatoms. The SMILES string of the molecule is Cc1ccc(-c2nn(-c3ccccc3)cc2C(=O)Nc2ccn(Cc3ccncc3)n2)o1. The number of pyridine rings is 1. The number of hydrogen-bond acceptors (Lipinski definition) is 5. The molecule has 0 radical (unpaired) electrons. The van der Waals surface area contributed by atoms with E-state index in [0.29, 0.717) is 29.4 Å². The van der Waals surface area contributed by atoms with Crippen molar-refractivity contribution in [1.29, 1.82) is 0 Å². The van der Waals surface area contributed by atoms with E-state index in [2.05, 4.69) is 20.5 Å². The van der Waals surface area contributed by atoms with Crippen molar-refractivity contribution in [3.05, 3.63) is 102 Å². The first-order valence-electron chi connectivity index (χ1n) is 10.1. The highest BCUT2D eigenvalue weighted by Crippen LogP contribution is 2.26. The van der Waals surface area contributed by atoms with Gasteiger partial charge in [-0.15, -0.1) is 0 Å². The number of amides is 1. The molecular weight excluding hydrogens is 404 g/mol. The van der Waals surface area contributed by atoms with Crippen molar-refractivity contribution in [3.63, 3.8) is 0 Å². The summed E-state index contributed by atoms with van der Waals surface area (Å²) >= 11 is 0. The van der Waals surface area contributed by atoms with Crippen molar-refractivity contribution < 1.29 is 9.21 Å². The van der Waals surface area contributed by atoms with Gasteiger partial charge in [0.2, 0.25) is 0 Å². The summed E-state index contributed by atoms with van der Waals surface area (Å²) in [6.07, 6.45) is 7.00. The number of carbonyl (C=O) groups excluding carboxylic acids is 1. The molecule has 0 unspecified atom stereocenters. The predicted octanol–water partition coefficient (Wildman–Crippen LogP) is 4.33. The number of aromatic nitrogens is 5. The lowest BCUT2D eigenvalue weighted by molar-refractivity contribution is 0.102. The van der Waals surface area contributed by atoms with Gasteiger partial charge in [-0.25, -0.2) is 4.68 Å². The second-order valence-corrected chi connectivity index (χ2v) is 7.29. The average molecular weight is 424 g/mol. The van der Waals surface area contributed by atoms with E-state index < -0.39 is 0 Å². The van der Waals surface area contributed by atoms with E-state index >= 15 is 0 Å². The average Bonchev–Trinajstić information content (AvgIpc) is 3.55. The highest BCUT2D eigenvalue weighted by molar-refractivity contribution is 6.07. The van der Waals surface area contributed by atoms with Crippen LogP contribution in [0.3, 0.4) is 0 Å². The van der Waals surface area contributed by atoms with Gasteiger partial charge in [-0.3, -0.25) is 14.5 Å². The Hall–Kier alpha value is -4.46. The predicted molar refractivity (Wildman–Crippen MR) is 120 cm³/mol. The van der Waals surface area contributed by atoms with Crippen molar-refractivity contribution in [1.82, 2.24) is 24.5 Å². The van der Waals surface area contributed by atoms with Gasteiger partial charge in [-0.1, -0.05) is 18.2 Å². The molecule has 0 aliphatic heterocycles. The first-order chi connectivity index (χ1) is 15.7. The topological polar surface area (TPSA) is 90.8 Å². The van der Waals surface area contributed by atoms with Crippen LogP contribution in [-0.4, -0.2) is 30.5 Å². The number of aryl methyl sites for hydroxylation is 1. The number of furan rings is 1. The molecule has 158 valence electrons. The highest BCUT2D eigenvalue weighted by atomic mass is 16.3. The van der Waals surface area contributed by atoms with E-state index in [0.717, 1.165) is 17.0 Å². The molecule has 32 heavy (non-hydrogen) atoms. The molecule has 0 aliphatic rings. The minimum atomic E-state index is -0.314. The smallest absolute Gasteiger partial charge is 0.260 e. The number of carbonyl (C=O) groups is 1. The van der Waals surface area contributed by atoms with E-state index in [9.17, 15) is 4.79 Å². The number of hydrogen-bond donors (Lipinski definition) is 1. The zero-order valence-electron chi connectivity index (χ0n) is 17.3. The summed E-state index contributed by atoms with van der Waals surface area (Å²) in [6, 6.07) is 18.9. The van der Waals surface area contributed by atoms with Crippen LogP contribution in [0.4, 0.5) is 5.82 Å². The third kappa shape index (κ3) is 4.06. The third-order valence-corrected chi connectivity index (χ3v) is 4.93. The van der Waals surface area contributed by atoms with Crippen LogP contribution in [0.25, 0.3) is 17.1 Å². The molecule has 8 nitrogen and oxygen atoms in total. The zero-order chi connectivity index (χ0) is 21.9. The Morgan fingerprint density at radius 3 is 2.56 bits per heavy atom. The van der Waals surface area contributed by atoms with Gasteiger partial charge < -0.3 is 9.73 Å². The van der Waals surface area contributed by atoms with Crippen LogP contribution < -0.4 is 5.32 Å². The van der Waals surface area contributed by atoms with Gasteiger partial charge in [0.25, 0.3) is 5.91 Å². The highest BCUT2D eigenvalue weighted by Gasteiger charge is 2.21.